The summed E-state index contributed by atoms with van der Waals surface area (Å²) in [5.41, 5.74) is 9.07. The van der Waals surface area contributed by atoms with Gasteiger partial charge >= 0.3 is 0 Å². The van der Waals surface area contributed by atoms with E-state index in [9.17, 15) is 0 Å². The molecule has 19 heavy (non-hydrogen) atoms. The van der Waals surface area contributed by atoms with Crippen LogP contribution in [0.5, 0.6) is 0 Å². The number of hydrogen-bond donors (Lipinski definition) is 2. The molecule has 1 saturated carbocycles. The first kappa shape index (κ1) is 12.5. The normalized spacial score (nSPS) is 18.5. The van der Waals surface area contributed by atoms with Crippen LogP contribution in [0.15, 0.2) is 18.2 Å². The molecule has 0 aliphatic heterocycles. The number of imidazole rings is 1. The van der Waals surface area contributed by atoms with Gasteiger partial charge in [0, 0.05) is 5.41 Å². The van der Waals surface area contributed by atoms with E-state index < -0.39 is 0 Å². The van der Waals surface area contributed by atoms with Crippen LogP contribution in [0.3, 0.4) is 0 Å². The minimum Gasteiger partial charge on any atom is -0.397 e. The lowest BCUT2D eigenvalue weighted by Crippen LogP contribution is -2.25. The molecule has 3 N–H and O–H groups in total. The first-order valence-electron chi connectivity index (χ1n) is 7.35. The molecule has 102 valence electrons. The average Bonchev–Trinajstić information content (AvgIpc) is 2.95. The minimum absolute atomic E-state index is 0.250. The number of benzene rings is 1. The number of nitrogen functional groups attached to an aromatic ring is 1. The van der Waals surface area contributed by atoms with Gasteiger partial charge in [-0.25, -0.2) is 4.98 Å². The van der Waals surface area contributed by atoms with E-state index in [2.05, 4.69) is 24.9 Å². The average molecular weight is 257 g/mol. The van der Waals surface area contributed by atoms with Crippen molar-refractivity contribution in [2.24, 2.45) is 5.92 Å². The lowest BCUT2D eigenvalue weighted by molar-refractivity contribution is 0.332. The first-order valence-corrected chi connectivity index (χ1v) is 7.35. The van der Waals surface area contributed by atoms with E-state index in [0.717, 1.165) is 22.5 Å². The van der Waals surface area contributed by atoms with E-state index in [-0.39, 0.29) is 5.41 Å². The van der Waals surface area contributed by atoms with Gasteiger partial charge in [0.05, 0.1) is 11.2 Å². The smallest absolute Gasteiger partial charge is 0.113 e. The Morgan fingerprint density at radius 1 is 1.32 bits per heavy atom. The van der Waals surface area contributed by atoms with E-state index in [4.69, 9.17) is 10.7 Å². The Hall–Kier alpha value is -1.51. The van der Waals surface area contributed by atoms with Crippen LogP contribution in [0, 0.1) is 5.92 Å². The maximum Gasteiger partial charge on any atom is 0.113 e. The summed E-state index contributed by atoms with van der Waals surface area (Å²) in [6.07, 6.45) is 6.36. The van der Waals surface area contributed by atoms with Crippen LogP contribution in [0.25, 0.3) is 11.0 Å². The zero-order valence-corrected chi connectivity index (χ0v) is 11.9. The lowest BCUT2D eigenvalue weighted by Gasteiger charge is -2.28. The Labute approximate surface area is 114 Å². The van der Waals surface area contributed by atoms with Gasteiger partial charge in [-0.2, -0.15) is 0 Å². The van der Waals surface area contributed by atoms with Crippen LogP contribution >= 0.6 is 0 Å². The second kappa shape index (κ2) is 4.55. The van der Waals surface area contributed by atoms with Gasteiger partial charge in [0.2, 0.25) is 0 Å². The van der Waals surface area contributed by atoms with Gasteiger partial charge < -0.3 is 10.7 Å². The molecule has 3 nitrogen and oxygen atoms in total. The van der Waals surface area contributed by atoms with Gasteiger partial charge in [-0.05, 0) is 37.3 Å². The van der Waals surface area contributed by atoms with Gasteiger partial charge in [0.1, 0.15) is 11.3 Å². The maximum atomic E-state index is 6.03. The SMILES string of the molecule is CC(C)CC1(c2nc3c(N)cccc3[nH]2)CCCC1. The summed E-state index contributed by atoms with van der Waals surface area (Å²) in [5, 5.41) is 0. The molecule has 0 saturated heterocycles. The van der Waals surface area contributed by atoms with E-state index in [0.29, 0.717) is 5.92 Å². The fourth-order valence-electron chi connectivity index (χ4n) is 3.68. The molecular weight excluding hydrogens is 234 g/mol. The number of aromatic amines is 1. The molecule has 0 atom stereocenters. The number of H-pyrrole nitrogens is 1. The van der Waals surface area contributed by atoms with E-state index in [1.807, 2.05) is 12.1 Å². The topological polar surface area (TPSA) is 54.7 Å². The van der Waals surface area contributed by atoms with Gasteiger partial charge in [0.15, 0.2) is 0 Å². The third-order valence-corrected chi connectivity index (χ3v) is 4.41. The van der Waals surface area contributed by atoms with Crippen LogP contribution in [-0.4, -0.2) is 9.97 Å². The molecule has 0 radical (unpaired) electrons. The predicted molar refractivity (Wildman–Crippen MR) is 80.1 cm³/mol. The fraction of sp³-hybridized carbons (Fsp3) is 0.562. The molecule has 3 rings (SSSR count). The quantitative estimate of drug-likeness (QED) is 0.816. The number of rotatable bonds is 3. The molecule has 1 aliphatic carbocycles. The molecule has 0 bridgehead atoms. The number of para-hydroxylation sites is 1. The van der Waals surface area contributed by atoms with Crippen molar-refractivity contribution in [1.82, 2.24) is 9.97 Å². The fourth-order valence-corrected chi connectivity index (χ4v) is 3.68. The lowest BCUT2D eigenvalue weighted by atomic mass is 9.78. The summed E-state index contributed by atoms with van der Waals surface area (Å²) in [6, 6.07) is 5.99. The largest absolute Gasteiger partial charge is 0.397 e. The number of nitrogens with one attached hydrogen (secondary N) is 1. The zero-order chi connectivity index (χ0) is 13.5. The number of aromatic nitrogens is 2. The summed E-state index contributed by atoms with van der Waals surface area (Å²) >= 11 is 0. The van der Waals surface area contributed by atoms with E-state index >= 15 is 0 Å². The van der Waals surface area contributed by atoms with Crippen molar-refractivity contribution >= 4 is 16.7 Å². The van der Waals surface area contributed by atoms with Gasteiger partial charge in [0.25, 0.3) is 0 Å². The molecule has 1 aromatic carbocycles. The summed E-state index contributed by atoms with van der Waals surface area (Å²) in [7, 11) is 0. The Bertz CT molecular complexity index is 577. The molecular formula is C16H23N3. The predicted octanol–water partition coefficient (Wildman–Crippen LogP) is 4.00. The molecule has 0 amide bonds. The number of anilines is 1. The van der Waals surface area contributed by atoms with Crippen molar-refractivity contribution in [1.29, 1.82) is 0 Å². The van der Waals surface area contributed by atoms with Crippen molar-refractivity contribution in [3.8, 4) is 0 Å². The highest BCUT2D eigenvalue weighted by Crippen LogP contribution is 2.45. The summed E-state index contributed by atoms with van der Waals surface area (Å²) < 4.78 is 0. The third-order valence-electron chi connectivity index (χ3n) is 4.41. The van der Waals surface area contributed by atoms with Crippen molar-refractivity contribution in [2.75, 3.05) is 5.73 Å². The van der Waals surface area contributed by atoms with Crippen LogP contribution in [0.2, 0.25) is 0 Å². The van der Waals surface area contributed by atoms with Crippen LogP contribution in [0.1, 0.15) is 51.8 Å². The Morgan fingerprint density at radius 3 is 2.68 bits per heavy atom. The highest BCUT2D eigenvalue weighted by molar-refractivity contribution is 5.87. The third kappa shape index (κ3) is 2.11. The van der Waals surface area contributed by atoms with E-state index in [1.54, 1.807) is 0 Å². The maximum absolute atomic E-state index is 6.03. The summed E-state index contributed by atoms with van der Waals surface area (Å²) in [5.74, 6) is 1.86. The van der Waals surface area contributed by atoms with Crippen LogP contribution < -0.4 is 5.73 Å². The van der Waals surface area contributed by atoms with Crippen molar-refractivity contribution in [3.05, 3.63) is 24.0 Å². The number of nitrogens with zero attached hydrogens (tertiary/aromatic N) is 1. The summed E-state index contributed by atoms with van der Waals surface area (Å²) in [4.78, 5) is 8.37. The molecule has 1 fully saturated rings. The molecule has 2 aromatic rings. The Balaban J connectivity index is 2.08. The molecule has 3 heteroatoms. The van der Waals surface area contributed by atoms with Crippen molar-refractivity contribution in [2.45, 2.75) is 51.4 Å². The second-order valence-corrected chi connectivity index (χ2v) is 6.41. The molecule has 1 aliphatic rings. The molecule has 0 spiro atoms. The van der Waals surface area contributed by atoms with Crippen molar-refractivity contribution in [3.63, 3.8) is 0 Å². The van der Waals surface area contributed by atoms with Crippen LogP contribution in [-0.2, 0) is 5.41 Å². The second-order valence-electron chi connectivity index (χ2n) is 6.41. The van der Waals surface area contributed by atoms with Gasteiger partial charge in [-0.3, -0.25) is 0 Å². The molecule has 1 aromatic heterocycles. The first-order chi connectivity index (χ1) is 9.11. The molecule has 1 heterocycles. The van der Waals surface area contributed by atoms with Crippen molar-refractivity contribution < 1.29 is 0 Å². The Morgan fingerprint density at radius 2 is 2.05 bits per heavy atom. The Kier molecular flexibility index (Phi) is 3.00. The summed E-state index contributed by atoms with van der Waals surface area (Å²) in [6.45, 7) is 4.61. The number of nitrogens with two attached hydrogens (primary N) is 1. The van der Waals surface area contributed by atoms with Gasteiger partial charge in [-0.15, -0.1) is 0 Å². The monoisotopic (exact) mass is 257 g/mol. The molecule has 0 unspecified atom stereocenters. The zero-order valence-electron chi connectivity index (χ0n) is 11.9. The highest BCUT2D eigenvalue weighted by atomic mass is 15.0. The van der Waals surface area contributed by atoms with Crippen LogP contribution in [0.4, 0.5) is 5.69 Å². The minimum atomic E-state index is 0.250. The highest BCUT2D eigenvalue weighted by Gasteiger charge is 2.38. The standard InChI is InChI=1S/C16H23N3/c1-11(2)10-16(8-3-4-9-16)15-18-13-7-5-6-12(17)14(13)19-15/h5-7,11H,3-4,8-10,17H2,1-2H3,(H,18,19). The number of hydrogen-bond acceptors (Lipinski definition) is 2. The number of fused-ring (bicyclic) bond motifs is 1. The van der Waals surface area contributed by atoms with Gasteiger partial charge in [-0.1, -0.05) is 32.8 Å². The van der Waals surface area contributed by atoms with E-state index in [1.165, 1.54) is 32.1 Å².